The van der Waals surface area contributed by atoms with Gasteiger partial charge in [-0.05, 0) is 256 Å². The van der Waals surface area contributed by atoms with Crippen LogP contribution in [0.3, 0.4) is 0 Å². The molecule has 0 amide bonds. The van der Waals surface area contributed by atoms with Crippen LogP contribution in [0.5, 0.6) is 28.7 Å². The van der Waals surface area contributed by atoms with Gasteiger partial charge in [0.25, 0.3) is 0 Å². The molecule has 5 aliphatic carbocycles. The summed E-state index contributed by atoms with van der Waals surface area (Å²) in [6.07, 6.45) is 28.9. The Morgan fingerprint density at radius 3 is 0.826 bits per heavy atom. The number of methoxy groups -OCH3 is 1. The lowest BCUT2D eigenvalue weighted by atomic mass is 9.66. The van der Waals surface area contributed by atoms with Crippen molar-refractivity contribution in [1.82, 2.24) is 49.8 Å². The maximum absolute atomic E-state index is 12.7. The van der Waals surface area contributed by atoms with Crippen molar-refractivity contribution in [2.75, 3.05) is 65.5 Å². The fraction of sp³-hybridized carbons (Fsp3) is 0.440. The minimum Gasteiger partial charge on any atom is -0.531 e. The molecular weight excluding hydrogens is 1780 g/mol. The van der Waals surface area contributed by atoms with Crippen LogP contribution in [-0.2, 0) is 53.9 Å². The number of hydrogen-bond donors (Lipinski definition) is 10. The minimum absolute atomic E-state index is 0.110. The summed E-state index contributed by atoms with van der Waals surface area (Å²) in [7, 11) is -18.6. The van der Waals surface area contributed by atoms with Crippen molar-refractivity contribution in [2.45, 2.75) is 129 Å². The highest BCUT2D eigenvalue weighted by molar-refractivity contribution is 7.92. The second kappa shape index (κ2) is 39.3. The number of ether oxygens (including phenoxy) is 1. The number of aryl methyl sites for hydroxylation is 1. The molecule has 694 valence electrons. The van der Waals surface area contributed by atoms with Gasteiger partial charge in [0.2, 0.25) is 0 Å². The van der Waals surface area contributed by atoms with Gasteiger partial charge < -0.3 is 78.0 Å². The molecule has 0 bridgehead atoms. The fourth-order valence-corrected chi connectivity index (χ4v) is 29.3. The molecule has 21 rings (SSSR count). The molecule has 10 aliphatic rings. The van der Waals surface area contributed by atoms with Gasteiger partial charge in [-0.2, -0.15) is 0 Å². The first-order valence-corrected chi connectivity index (χ1v) is 54.5. The predicted molar refractivity (Wildman–Crippen MR) is 514 cm³/mol. The van der Waals surface area contributed by atoms with Gasteiger partial charge in [0.05, 0.1) is 76.1 Å². The van der Waals surface area contributed by atoms with Crippen LogP contribution < -0.4 is 23.3 Å². The number of aromatic nitrogens is 10. The monoisotopic (exact) mass is 1890 g/mol. The Morgan fingerprint density at radius 2 is 0.583 bits per heavy atom. The van der Waals surface area contributed by atoms with E-state index < -0.39 is 84.8 Å². The molecule has 132 heavy (non-hydrogen) atoms. The van der Waals surface area contributed by atoms with Crippen LogP contribution in [-0.4, -0.2) is 218 Å². The summed E-state index contributed by atoms with van der Waals surface area (Å²) in [4.78, 5) is 37.5. The van der Waals surface area contributed by atoms with E-state index in [0.29, 0.717) is 65.3 Å². The number of fused-ring (bicyclic) bond motifs is 15. The van der Waals surface area contributed by atoms with Gasteiger partial charge in [-0.1, -0.05) is 44.9 Å². The van der Waals surface area contributed by atoms with Crippen LogP contribution in [0.4, 0.5) is 0 Å². The van der Waals surface area contributed by atoms with Gasteiger partial charge in [0, 0.05) is 111 Å². The molecule has 10 N–H and O–H groups in total. The Balaban J connectivity index is 0.000000115. The number of H-pyrrole nitrogens is 5. The number of benzene rings is 1. The summed E-state index contributed by atoms with van der Waals surface area (Å²) in [6, 6.07) is 16.8. The number of unbranched alkanes of at least 4 members (excludes halogenated alkanes) is 1. The third-order valence-corrected chi connectivity index (χ3v) is 36.6. The lowest BCUT2D eigenvalue weighted by molar-refractivity contribution is 0.199. The maximum Gasteiger partial charge on any atom is 0.552 e. The van der Waals surface area contributed by atoms with E-state index in [2.05, 4.69) is 49.8 Å². The van der Waals surface area contributed by atoms with Gasteiger partial charge in [-0.15, -0.1) is 0 Å². The zero-order chi connectivity index (χ0) is 92.7. The zero-order valence-electron chi connectivity index (χ0n) is 74.2. The van der Waals surface area contributed by atoms with Crippen molar-refractivity contribution in [3.63, 3.8) is 0 Å². The van der Waals surface area contributed by atoms with E-state index >= 15 is 0 Å². The highest BCUT2D eigenvalue weighted by Crippen LogP contribution is 2.55. The molecule has 5 aliphatic heterocycles. The molecule has 0 saturated heterocycles. The Bertz CT molecular complexity index is 6720. The number of aromatic amines is 5. The van der Waals surface area contributed by atoms with Crippen molar-refractivity contribution in [2.24, 2.45) is 59.2 Å². The standard InChI is InChI=1S/C21H21BN2O4S.C18H23BN2O5S.C18H23BN2O4S.2C17H21BN2O4S/c1-13-2-4-16(5-3-13)29(26,27)12-14-8-15(9-14)18-10-22(25)28-19-11-24-21-17(20(18)19)6-7-23-21;1-25-5-2-6-27(23,24)11-12-7-13(8-12)15-9-19(22)26-16-10-21-18-14(17(15)16)3-4-20-18;1-2-3-6-26(23,24)11-12-7-13(8-12)15-9-19(22)25-16-10-21-18-14(17(15)16)4-5-20-18;2*1-2-5-25(22,23)10-11-6-12(7-11)14-8-18(21)24-15-9-20-17-13(16(14)15)3-4-19-17/h2-7,10-11,14-15,25H,8-9,12H2,1H3,(H,23,24);3-4,9-10,12-13,22H,2,5-8,11H2,1H3,(H,20,21);4-5,9-10,12-13,22H,2-3,6-8,11H2,1H3,(H,20,21);2*3-4,8-9,11-12,21H,2,5-7,10H2,1H3,(H,19,20). The molecule has 5 fully saturated rings. The van der Waals surface area contributed by atoms with Crippen molar-refractivity contribution >= 4 is 168 Å². The van der Waals surface area contributed by atoms with Crippen molar-refractivity contribution in [3.8, 4) is 28.7 Å². The van der Waals surface area contributed by atoms with Gasteiger partial charge in [0.15, 0.2) is 49.2 Å². The Morgan fingerprint density at radius 1 is 0.341 bits per heavy atom. The minimum atomic E-state index is -3.30. The van der Waals surface area contributed by atoms with Gasteiger partial charge in [0.1, 0.15) is 57.0 Å². The SMILES string of the molecule is CCCCS(=O)(=O)CC1CC(C2=CB(O)Oc3cnc4[nH]ccc4c32)C1.CCCS(=O)(=O)CC1CC(C2=CB(O)Oc3cnc4[nH]ccc4c32)C1.CCCS(=O)(=O)CC1CC(C2=CB(O)Oc3cnc4[nH]ccc4c32)C1.COCCCS(=O)(=O)CC1CC(C2=CB(O)Oc3cnc4[nH]ccc4c32)C1.Cc1ccc(S(=O)(=O)CC2CC(C3=CB(O)Oc4cnc5[nH]ccc5c43)C2)cc1. The summed E-state index contributed by atoms with van der Waals surface area (Å²) in [5, 5.41) is 55.0. The molecule has 15 heterocycles. The molecule has 5 saturated carbocycles. The van der Waals surface area contributed by atoms with E-state index in [9.17, 15) is 67.2 Å². The molecule has 41 heteroatoms. The average molecular weight is 1890 g/mol. The number of sulfone groups is 5. The number of rotatable bonds is 27. The van der Waals surface area contributed by atoms with Crippen LogP contribution in [0.15, 0.2) is 151 Å². The van der Waals surface area contributed by atoms with Crippen molar-refractivity contribution in [3.05, 3.63) is 180 Å². The van der Waals surface area contributed by atoms with Crippen LogP contribution >= 0.6 is 0 Å². The van der Waals surface area contributed by atoms with E-state index in [0.717, 1.165) is 193 Å². The molecule has 0 unspecified atom stereocenters. The zero-order valence-corrected chi connectivity index (χ0v) is 78.3. The van der Waals surface area contributed by atoms with Crippen LogP contribution in [0.2, 0.25) is 0 Å². The largest absolute Gasteiger partial charge is 0.552 e. The predicted octanol–water partition coefficient (Wildman–Crippen LogP) is 12.0. The van der Waals surface area contributed by atoms with Crippen LogP contribution in [0.1, 0.15) is 150 Å². The Labute approximate surface area is 769 Å². The molecule has 31 nitrogen and oxygen atoms in total. The van der Waals surface area contributed by atoms with E-state index in [4.69, 9.17) is 28.0 Å². The highest BCUT2D eigenvalue weighted by atomic mass is 32.2. The molecule has 11 aromatic rings. The smallest absolute Gasteiger partial charge is 0.531 e. The number of nitrogens with zero attached hydrogens (tertiary/aromatic N) is 5. The summed E-state index contributed by atoms with van der Waals surface area (Å²) in [5.41, 5.74) is 15.0. The lowest BCUT2D eigenvalue weighted by Crippen LogP contribution is -2.34. The van der Waals surface area contributed by atoms with E-state index in [1.807, 2.05) is 101 Å². The summed E-state index contributed by atoms with van der Waals surface area (Å²) >= 11 is 0. The molecule has 1 aromatic carbocycles. The maximum atomic E-state index is 12.7. The van der Waals surface area contributed by atoms with E-state index in [1.165, 1.54) is 0 Å². The summed E-state index contributed by atoms with van der Waals surface area (Å²) < 4.78 is 155. The van der Waals surface area contributed by atoms with Crippen molar-refractivity contribution < 1.29 is 95.2 Å². The van der Waals surface area contributed by atoms with Crippen LogP contribution in [0.25, 0.3) is 83.0 Å². The number of hydrogen-bond acceptors (Lipinski definition) is 26. The Kier molecular flexibility index (Phi) is 28.0. The normalized spacial score (nSPS) is 22.3. The highest BCUT2D eigenvalue weighted by Gasteiger charge is 2.46. The third-order valence-electron chi connectivity index (χ3n) is 26.9. The van der Waals surface area contributed by atoms with Gasteiger partial charge in [-0.25, -0.2) is 67.0 Å². The molecular formula is C91H109B5N10O21S5. The number of nitrogens with one attached hydrogen (secondary N) is 5. The number of allylic oxidation sites excluding steroid dienone is 5. The second-order valence-corrected chi connectivity index (χ2v) is 47.7. The fourth-order valence-electron chi connectivity index (χ4n) is 20.5. The van der Waals surface area contributed by atoms with Crippen LogP contribution in [0, 0.1) is 66.1 Å². The van der Waals surface area contributed by atoms with E-state index in [-0.39, 0.29) is 105 Å². The third kappa shape index (κ3) is 21.0. The summed E-state index contributed by atoms with van der Waals surface area (Å²) in [6.45, 7) is 8.20. The lowest BCUT2D eigenvalue weighted by Gasteiger charge is -2.38. The molecule has 0 radical (unpaired) electrons. The first kappa shape index (κ1) is 94.0. The molecule has 0 atom stereocenters. The first-order valence-electron chi connectivity index (χ1n) is 45.5. The van der Waals surface area contributed by atoms with Gasteiger partial charge in [-0.3, -0.25) is 0 Å². The number of pyridine rings is 5. The Hall–Kier alpha value is -9.80. The second-order valence-electron chi connectivity index (χ2n) is 36.8. The average Bonchev–Trinajstić information content (AvgIpc) is 1.41. The molecule has 0 spiro atoms. The quantitative estimate of drug-likeness (QED) is 0.0169. The van der Waals surface area contributed by atoms with Gasteiger partial charge >= 0.3 is 35.6 Å². The topological polar surface area (TPSA) is 471 Å². The van der Waals surface area contributed by atoms with E-state index in [1.54, 1.807) is 80.1 Å². The molecule has 10 aromatic heterocycles. The summed E-state index contributed by atoms with van der Waals surface area (Å²) in [5.74, 6) is 15.9. The van der Waals surface area contributed by atoms with Crippen molar-refractivity contribution in [1.29, 1.82) is 0 Å². The first-order chi connectivity index (χ1) is 63.3.